The third-order valence-electron chi connectivity index (χ3n) is 7.23. The predicted molar refractivity (Wildman–Crippen MR) is 168 cm³/mol. The molecule has 1 aliphatic heterocycles. The van der Waals surface area contributed by atoms with Gasteiger partial charge >= 0.3 is 0 Å². The number of benzene rings is 3. The quantitative estimate of drug-likeness (QED) is 0.252. The van der Waals surface area contributed by atoms with Gasteiger partial charge < -0.3 is 24.6 Å². The van der Waals surface area contributed by atoms with Crippen LogP contribution in [0.3, 0.4) is 0 Å². The fourth-order valence-corrected chi connectivity index (χ4v) is 6.48. The molecule has 4 aromatic rings. The number of aliphatic hydroxyl groups is 1. The Hall–Kier alpha value is -3.72. The van der Waals surface area contributed by atoms with E-state index in [0.29, 0.717) is 28.5 Å². The Balaban J connectivity index is 1.50. The number of hydrogen-bond acceptors (Lipinski definition) is 4. The van der Waals surface area contributed by atoms with E-state index in [2.05, 4.69) is 34.2 Å². The predicted octanol–water partition coefficient (Wildman–Crippen LogP) is 5.18. The number of nitrogens with zero attached hydrogens (tertiary/aromatic N) is 2. The fraction of sp³-hybridized carbons (Fsp3) is 0.226. The second kappa shape index (κ2) is 11.4. The average Bonchev–Trinajstić information content (AvgIpc) is 3.27. The molecule has 2 atom stereocenters. The molecule has 1 amide bonds. The standard InChI is InChI=1S/C31H33ClN4O3S/c1-4-36-20-22-13-14-40(3,39)35(2)27-16-23(17-28(36)30(22)27)31(38)34-26(15-21-9-6-5-7-10-21)29(37)19-33-25-12-8-11-24(32)18-25/h5-12,15-18,20,29,33,37H,3-4,13-14,19H2,1-2H3,(H,34,38)/b26-15+/t29-,40?/m1/s1. The molecule has 1 unspecified atom stereocenters. The van der Waals surface area contributed by atoms with Crippen molar-refractivity contribution in [1.29, 1.82) is 0 Å². The van der Waals surface area contributed by atoms with E-state index in [-0.39, 0.29) is 12.5 Å². The lowest BCUT2D eigenvalue weighted by Gasteiger charge is -2.24. The average molecular weight is 577 g/mol. The van der Waals surface area contributed by atoms with Crippen LogP contribution in [0, 0.1) is 0 Å². The third kappa shape index (κ3) is 5.75. The molecule has 3 aromatic carbocycles. The Morgan fingerprint density at radius 2 is 1.95 bits per heavy atom. The summed E-state index contributed by atoms with van der Waals surface area (Å²) < 4.78 is 17.2. The van der Waals surface area contributed by atoms with Crippen LogP contribution in [-0.4, -0.2) is 51.1 Å². The smallest absolute Gasteiger partial charge is 0.255 e. The molecule has 0 fully saturated rings. The summed E-state index contributed by atoms with van der Waals surface area (Å²) in [4.78, 5) is 13.7. The molecule has 1 aromatic heterocycles. The number of aliphatic hydroxyl groups excluding tert-OH is 1. The highest BCUT2D eigenvalue weighted by atomic mass is 35.5. The first-order valence-corrected chi connectivity index (χ1v) is 15.4. The van der Waals surface area contributed by atoms with Crippen LogP contribution in [-0.2, 0) is 22.7 Å². The van der Waals surface area contributed by atoms with Gasteiger partial charge in [-0.3, -0.25) is 4.79 Å². The molecule has 1 aliphatic rings. The maximum absolute atomic E-state index is 13.7. The van der Waals surface area contributed by atoms with Gasteiger partial charge in [-0.1, -0.05) is 48.0 Å². The number of halogens is 1. The van der Waals surface area contributed by atoms with Crippen molar-refractivity contribution in [2.75, 3.05) is 29.0 Å². The van der Waals surface area contributed by atoms with Crippen LogP contribution < -0.4 is 14.9 Å². The van der Waals surface area contributed by atoms with E-state index in [9.17, 15) is 14.1 Å². The van der Waals surface area contributed by atoms with E-state index in [0.717, 1.165) is 39.9 Å². The molecule has 5 rings (SSSR count). The molecule has 0 aliphatic carbocycles. The largest absolute Gasteiger partial charge is 0.385 e. The molecule has 208 valence electrons. The molecule has 7 nitrogen and oxygen atoms in total. The van der Waals surface area contributed by atoms with Gasteiger partial charge in [0.2, 0.25) is 0 Å². The highest BCUT2D eigenvalue weighted by Crippen LogP contribution is 2.37. The third-order valence-corrected chi connectivity index (χ3v) is 9.51. The Morgan fingerprint density at radius 3 is 2.67 bits per heavy atom. The maximum Gasteiger partial charge on any atom is 0.255 e. The molecule has 0 radical (unpaired) electrons. The van der Waals surface area contributed by atoms with E-state index in [4.69, 9.17) is 11.6 Å². The van der Waals surface area contributed by atoms with Crippen LogP contribution in [0.2, 0.25) is 5.02 Å². The minimum absolute atomic E-state index is 0.151. The Bertz CT molecular complexity index is 1700. The van der Waals surface area contributed by atoms with Crippen molar-refractivity contribution in [2.24, 2.45) is 0 Å². The maximum atomic E-state index is 13.7. The number of rotatable bonds is 8. The topological polar surface area (TPSA) is 86.6 Å². The Kier molecular flexibility index (Phi) is 7.94. The van der Waals surface area contributed by atoms with Crippen LogP contribution >= 0.6 is 11.6 Å². The van der Waals surface area contributed by atoms with Crippen LogP contribution in [0.15, 0.2) is 78.6 Å². The van der Waals surface area contributed by atoms with Gasteiger partial charge in [-0.05, 0) is 66.7 Å². The summed E-state index contributed by atoms with van der Waals surface area (Å²) in [6, 6.07) is 20.4. The van der Waals surface area contributed by atoms with Crippen molar-refractivity contribution in [3.05, 3.63) is 100 Å². The molecular weight excluding hydrogens is 544 g/mol. The highest BCUT2D eigenvalue weighted by molar-refractivity contribution is 8.01. The lowest BCUT2D eigenvalue weighted by atomic mass is 10.0. The zero-order valence-corrected chi connectivity index (χ0v) is 24.1. The van der Waals surface area contributed by atoms with E-state index in [1.165, 1.54) is 0 Å². The van der Waals surface area contributed by atoms with Crippen molar-refractivity contribution >= 4 is 61.4 Å². The second-order valence-electron chi connectivity index (χ2n) is 9.93. The van der Waals surface area contributed by atoms with Gasteiger partial charge in [0.05, 0.1) is 11.2 Å². The summed E-state index contributed by atoms with van der Waals surface area (Å²) in [5.41, 5.74) is 5.07. The van der Waals surface area contributed by atoms with E-state index >= 15 is 0 Å². The fourth-order valence-electron chi connectivity index (χ4n) is 4.98. The van der Waals surface area contributed by atoms with Crippen LogP contribution in [0.4, 0.5) is 11.4 Å². The zero-order valence-electron chi connectivity index (χ0n) is 22.6. The minimum atomic E-state index is -2.53. The molecule has 40 heavy (non-hydrogen) atoms. The van der Waals surface area contributed by atoms with Crippen molar-refractivity contribution < 1.29 is 14.1 Å². The second-order valence-corrected chi connectivity index (χ2v) is 12.9. The first-order chi connectivity index (χ1) is 19.2. The monoisotopic (exact) mass is 576 g/mol. The molecule has 0 saturated heterocycles. The summed E-state index contributed by atoms with van der Waals surface area (Å²) in [5, 5.41) is 18.9. The van der Waals surface area contributed by atoms with Crippen molar-refractivity contribution in [3.63, 3.8) is 0 Å². The number of carbonyl (C=O) groups is 1. The number of aryl methyl sites for hydroxylation is 2. The highest BCUT2D eigenvalue weighted by Gasteiger charge is 2.26. The van der Waals surface area contributed by atoms with Crippen molar-refractivity contribution in [3.8, 4) is 0 Å². The zero-order chi connectivity index (χ0) is 28.4. The first kappa shape index (κ1) is 27.8. The SMILES string of the molecule is C=S1(=O)CCc2cn(CC)c3cc(C(=O)N/C(=C/c4ccccc4)[C@H](O)CNc4cccc(Cl)c4)cc(c23)N1C. The van der Waals surface area contributed by atoms with Gasteiger partial charge in [0.15, 0.2) is 0 Å². The number of carbonyl (C=O) groups excluding carboxylic acids is 1. The number of amides is 1. The lowest BCUT2D eigenvalue weighted by Crippen LogP contribution is -2.34. The minimum Gasteiger partial charge on any atom is -0.385 e. The lowest BCUT2D eigenvalue weighted by molar-refractivity contribution is 0.0951. The van der Waals surface area contributed by atoms with Gasteiger partial charge in [-0.15, -0.1) is 0 Å². The molecule has 0 bridgehead atoms. The summed E-state index contributed by atoms with van der Waals surface area (Å²) >= 11 is 6.10. The summed E-state index contributed by atoms with van der Waals surface area (Å²) in [5.74, 6) is 4.06. The van der Waals surface area contributed by atoms with Crippen LogP contribution in [0.5, 0.6) is 0 Å². The Morgan fingerprint density at radius 1 is 1.18 bits per heavy atom. The van der Waals surface area contributed by atoms with E-state index < -0.39 is 15.8 Å². The molecule has 3 N–H and O–H groups in total. The number of nitrogens with one attached hydrogen (secondary N) is 2. The number of anilines is 2. The van der Waals surface area contributed by atoms with Crippen LogP contribution in [0.1, 0.15) is 28.4 Å². The molecule has 0 saturated carbocycles. The van der Waals surface area contributed by atoms with Gasteiger partial charge in [0.1, 0.15) is 6.10 Å². The number of hydrogen-bond donors (Lipinski definition) is 3. The molecule has 2 heterocycles. The normalized spacial score (nSPS) is 17.9. The summed E-state index contributed by atoms with van der Waals surface area (Å²) in [6.45, 7) is 2.94. The van der Waals surface area contributed by atoms with E-state index in [1.54, 1.807) is 35.6 Å². The van der Waals surface area contributed by atoms with Gasteiger partial charge in [-0.2, -0.15) is 0 Å². The Labute approximate surface area is 240 Å². The summed E-state index contributed by atoms with van der Waals surface area (Å²) in [7, 11) is -0.761. The van der Waals surface area contributed by atoms with Crippen molar-refractivity contribution in [2.45, 2.75) is 26.0 Å². The van der Waals surface area contributed by atoms with Crippen molar-refractivity contribution in [1.82, 2.24) is 9.88 Å². The first-order valence-electron chi connectivity index (χ1n) is 13.2. The van der Waals surface area contributed by atoms with Gasteiger partial charge in [-0.25, -0.2) is 4.21 Å². The molecule has 9 heteroatoms. The number of aromatic nitrogens is 1. The molecule has 0 spiro atoms. The van der Waals surface area contributed by atoms with Crippen LogP contribution in [0.25, 0.3) is 17.0 Å². The van der Waals surface area contributed by atoms with E-state index in [1.807, 2.05) is 48.5 Å². The summed E-state index contributed by atoms with van der Waals surface area (Å²) in [6.07, 6.45) is 3.47. The van der Waals surface area contributed by atoms with Gasteiger partial charge in [0, 0.05) is 69.2 Å². The van der Waals surface area contributed by atoms with Gasteiger partial charge in [0.25, 0.3) is 5.91 Å². The molecular formula is C31H33ClN4O3S.